The number of nitrogens with one attached hydrogen (secondary N) is 1. The molecule has 8 heteroatoms. The number of sulfonamides is 1. The summed E-state index contributed by atoms with van der Waals surface area (Å²) in [7, 11) is -3.15. The Balaban J connectivity index is 1.66. The molecule has 0 radical (unpaired) electrons. The van der Waals surface area contributed by atoms with Crippen LogP contribution in [0.25, 0.3) is 0 Å². The predicted molar refractivity (Wildman–Crippen MR) is 117 cm³/mol. The molecule has 1 aromatic rings. The number of carbonyl (C=O) groups excluding carboxylic acids is 1. The molecule has 2 aliphatic rings. The zero-order valence-electron chi connectivity index (χ0n) is 17.2. The molecule has 1 saturated carbocycles. The zero-order valence-corrected chi connectivity index (χ0v) is 18.8. The summed E-state index contributed by atoms with van der Waals surface area (Å²) in [5.74, 6) is 0.0659. The Morgan fingerprint density at radius 1 is 1.10 bits per heavy atom. The van der Waals surface area contributed by atoms with Crippen LogP contribution in [0.15, 0.2) is 24.3 Å². The number of benzene rings is 1. The highest BCUT2D eigenvalue weighted by molar-refractivity contribution is 7.89. The van der Waals surface area contributed by atoms with Gasteiger partial charge in [0.25, 0.3) is 5.91 Å². The quantitative estimate of drug-likeness (QED) is 0.705. The molecule has 0 spiro atoms. The Morgan fingerprint density at radius 3 is 2.38 bits per heavy atom. The number of nitrogens with zero attached hydrogens (tertiary/aromatic N) is 2. The first-order chi connectivity index (χ1) is 13.9. The smallest absolute Gasteiger partial charge is 0.252 e. The molecule has 1 aliphatic carbocycles. The van der Waals surface area contributed by atoms with Gasteiger partial charge in [-0.25, -0.2) is 8.42 Å². The van der Waals surface area contributed by atoms with E-state index in [9.17, 15) is 13.2 Å². The van der Waals surface area contributed by atoms with Crippen molar-refractivity contribution < 1.29 is 13.2 Å². The van der Waals surface area contributed by atoms with Crippen LogP contribution in [0.5, 0.6) is 0 Å². The van der Waals surface area contributed by atoms with Crippen LogP contribution in [0.2, 0.25) is 5.02 Å². The van der Waals surface area contributed by atoms with Crippen LogP contribution in [0.1, 0.15) is 55.8 Å². The average molecular weight is 442 g/mol. The molecule has 0 bridgehead atoms. The number of amides is 1. The van der Waals surface area contributed by atoms with E-state index < -0.39 is 10.0 Å². The van der Waals surface area contributed by atoms with Crippen LogP contribution in [0.3, 0.4) is 0 Å². The van der Waals surface area contributed by atoms with Crippen LogP contribution in [-0.2, 0) is 10.0 Å². The van der Waals surface area contributed by atoms with Crippen molar-refractivity contribution in [1.29, 1.82) is 0 Å². The molecule has 29 heavy (non-hydrogen) atoms. The Labute approximate surface area is 179 Å². The second-order valence-electron chi connectivity index (χ2n) is 8.15. The Morgan fingerprint density at radius 2 is 1.76 bits per heavy atom. The molecule has 6 nitrogen and oxygen atoms in total. The SMILES string of the molecule is CCCS(=O)(=O)N1CCN(C2(CNC(=O)c3ccccc3Cl)CCCCC2)CC1. The normalized spacial score (nSPS) is 21.0. The summed E-state index contributed by atoms with van der Waals surface area (Å²) >= 11 is 6.17. The third kappa shape index (κ3) is 5.32. The maximum Gasteiger partial charge on any atom is 0.252 e. The topological polar surface area (TPSA) is 69.7 Å². The van der Waals surface area contributed by atoms with E-state index in [1.165, 1.54) is 6.42 Å². The molecule has 1 saturated heterocycles. The van der Waals surface area contributed by atoms with E-state index in [1.807, 2.05) is 19.1 Å². The Hall–Kier alpha value is -1.15. The fourth-order valence-electron chi connectivity index (χ4n) is 4.63. The molecule has 1 aromatic carbocycles. The summed E-state index contributed by atoms with van der Waals surface area (Å²) in [5, 5.41) is 3.57. The van der Waals surface area contributed by atoms with Crippen molar-refractivity contribution in [2.24, 2.45) is 0 Å². The van der Waals surface area contributed by atoms with E-state index in [2.05, 4.69) is 10.2 Å². The van der Waals surface area contributed by atoms with Crippen molar-refractivity contribution >= 4 is 27.5 Å². The van der Waals surface area contributed by atoms with Gasteiger partial charge in [-0.05, 0) is 31.4 Å². The van der Waals surface area contributed by atoms with Gasteiger partial charge in [-0.1, -0.05) is 49.9 Å². The van der Waals surface area contributed by atoms with Crippen LogP contribution in [-0.4, -0.2) is 67.5 Å². The molecule has 0 unspecified atom stereocenters. The van der Waals surface area contributed by atoms with E-state index in [4.69, 9.17) is 11.6 Å². The van der Waals surface area contributed by atoms with Crippen molar-refractivity contribution in [3.8, 4) is 0 Å². The lowest BCUT2D eigenvalue weighted by atomic mass is 9.79. The number of halogens is 1. The van der Waals surface area contributed by atoms with E-state index in [-0.39, 0.29) is 17.2 Å². The van der Waals surface area contributed by atoms with Crippen molar-refractivity contribution in [3.63, 3.8) is 0 Å². The minimum Gasteiger partial charge on any atom is -0.350 e. The highest BCUT2D eigenvalue weighted by Gasteiger charge is 2.40. The van der Waals surface area contributed by atoms with Crippen molar-refractivity contribution in [1.82, 2.24) is 14.5 Å². The minimum absolute atomic E-state index is 0.101. The molecule has 1 aliphatic heterocycles. The largest absolute Gasteiger partial charge is 0.350 e. The summed E-state index contributed by atoms with van der Waals surface area (Å²) in [6.45, 7) is 4.95. The van der Waals surface area contributed by atoms with Crippen molar-refractivity contribution in [2.45, 2.75) is 51.0 Å². The van der Waals surface area contributed by atoms with Gasteiger partial charge in [0.15, 0.2) is 0 Å². The second-order valence-corrected chi connectivity index (χ2v) is 10.6. The molecule has 0 aromatic heterocycles. The van der Waals surface area contributed by atoms with Gasteiger partial charge in [0.2, 0.25) is 10.0 Å². The van der Waals surface area contributed by atoms with Crippen LogP contribution in [0, 0.1) is 0 Å². The summed E-state index contributed by atoms with van der Waals surface area (Å²) in [5.41, 5.74) is 0.395. The number of hydrogen-bond donors (Lipinski definition) is 1. The monoisotopic (exact) mass is 441 g/mol. The van der Waals surface area contributed by atoms with E-state index in [0.29, 0.717) is 49.7 Å². The lowest BCUT2D eigenvalue weighted by Crippen LogP contribution is -2.62. The van der Waals surface area contributed by atoms with Gasteiger partial charge in [0, 0.05) is 38.3 Å². The van der Waals surface area contributed by atoms with Crippen LogP contribution >= 0.6 is 11.6 Å². The minimum atomic E-state index is -3.15. The number of rotatable bonds is 7. The molecular weight excluding hydrogens is 410 g/mol. The van der Waals surface area contributed by atoms with Gasteiger partial charge in [0.1, 0.15) is 0 Å². The first-order valence-electron chi connectivity index (χ1n) is 10.6. The van der Waals surface area contributed by atoms with Crippen molar-refractivity contribution in [3.05, 3.63) is 34.9 Å². The van der Waals surface area contributed by atoms with Gasteiger partial charge in [-0.3, -0.25) is 9.69 Å². The molecule has 0 atom stereocenters. The number of hydrogen-bond acceptors (Lipinski definition) is 4. The zero-order chi connectivity index (χ0) is 20.9. The van der Waals surface area contributed by atoms with Gasteiger partial charge >= 0.3 is 0 Å². The summed E-state index contributed by atoms with van der Waals surface area (Å²) in [6, 6.07) is 7.09. The first-order valence-corrected chi connectivity index (χ1v) is 12.6. The second kappa shape index (κ2) is 9.77. The van der Waals surface area contributed by atoms with Gasteiger partial charge < -0.3 is 5.32 Å². The molecule has 2 fully saturated rings. The lowest BCUT2D eigenvalue weighted by Gasteiger charge is -2.49. The van der Waals surface area contributed by atoms with Gasteiger partial charge in [-0.2, -0.15) is 4.31 Å². The van der Waals surface area contributed by atoms with Crippen molar-refractivity contribution in [2.75, 3.05) is 38.5 Å². The summed E-state index contributed by atoms with van der Waals surface area (Å²) < 4.78 is 26.4. The standard InChI is InChI=1S/C21H32ClN3O3S/c1-2-16-29(27,28)25-14-12-24(13-15-25)21(10-6-3-7-11-21)17-23-20(26)18-8-4-5-9-19(18)22/h4-5,8-9H,2-3,6-7,10-17H2,1H3,(H,23,26). The molecule has 1 amide bonds. The molecule has 1 heterocycles. The number of carbonyl (C=O) groups is 1. The summed E-state index contributed by atoms with van der Waals surface area (Å²) in [4.78, 5) is 15.1. The fraction of sp³-hybridized carbons (Fsp3) is 0.667. The third-order valence-corrected chi connectivity index (χ3v) is 8.65. The van der Waals surface area contributed by atoms with Gasteiger partial charge in [-0.15, -0.1) is 0 Å². The molecule has 3 rings (SSSR count). The maximum absolute atomic E-state index is 12.7. The van der Waals surface area contributed by atoms with Crippen LogP contribution in [0.4, 0.5) is 0 Å². The van der Waals surface area contributed by atoms with E-state index in [1.54, 1.807) is 16.4 Å². The maximum atomic E-state index is 12.7. The Bertz CT molecular complexity index is 801. The molecule has 162 valence electrons. The third-order valence-electron chi connectivity index (χ3n) is 6.25. The Kier molecular flexibility index (Phi) is 7.59. The predicted octanol–water partition coefficient (Wildman–Crippen LogP) is 3.13. The van der Waals surface area contributed by atoms with E-state index >= 15 is 0 Å². The van der Waals surface area contributed by atoms with Gasteiger partial charge in [0.05, 0.1) is 16.3 Å². The fourth-order valence-corrected chi connectivity index (χ4v) is 6.34. The molecular formula is C21H32ClN3O3S. The van der Waals surface area contributed by atoms with Crippen LogP contribution < -0.4 is 5.32 Å². The molecule has 1 N–H and O–H groups in total. The highest BCUT2D eigenvalue weighted by atomic mass is 35.5. The first kappa shape index (κ1) is 22.5. The van der Waals surface area contributed by atoms with E-state index in [0.717, 1.165) is 25.7 Å². The lowest BCUT2D eigenvalue weighted by molar-refractivity contribution is 0.0240. The average Bonchev–Trinajstić information content (AvgIpc) is 2.73. The number of piperazine rings is 1. The highest BCUT2D eigenvalue weighted by Crippen LogP contribution is 2.34. The summed E-state index contributed by atoms with van der Waals surface area (Å²) in [6.07, 6.45) is 6.17.